The Morgan fingerprint density at radius 2 is 1.19 bits per heavy atom. The van der Waals surface area contributed by atoms with Gasteiger partial charge in [-0.1, -0.05) is 5.92 Å². The van der Waals surface area contributed by atoms with Crippen LogP contribution in [-0.2, 0) is 18.6 Å². The Kier molecular flexibility index (Phi) is 12.5. The molecule has 5 nitrogen and oxygen atoms in total. The first-order valence-electron chi connectivity index (χ1n) is 11.2. The zero-order valence-electron chi connectivity index (χ0n) is 21.8. The molecular formula is C20H23F17O5Si. The van der Waals surface area contributed by atoms with E-state index in [1.807, 2.05) is 5.92 Å². The fourth-order valence-electron chi connectivity index (χ4n) is 2.60. The minimum absolute atomic E-state index is 0.0362. The van der Waals surface area contributed by atoms with Crippen molar-refractivity contribution in [3.05, 3.63) is 0 Å². The molecule has 43 heavy (non-hydrogen) atoms. The maximum atomic E-state index is 14.4. The monoisotopic (exact) mass is 694 g/mol. The molecule has 0 aromatic heterocycles. The van der Waals surface area contributed by atoms with E-state index < -0.39 is 75.5 Å². The molecule has 1 N–H and O–H groups in total. The van der Waals surface area contributed by atoms with E-state index in [4.69, 9.17) is 10.8 Å². The second-order valence-corrected chi connectivity index (χ2v) is 13.9. The summed E-state index contributed by atoms with van der Waals surface area (Å²) in [6.07, 6.45) is -33.2. The average Bonchev–Trinajstić information content (AvgIpc) is 2.75. The lowest BCUT2D eigenvalue weighted by Gasteiger charge is -2.40. The molecule has 0 aliphatic rings. The number of terminal acetylenes is 1. The van der Waals surface area contributed by atoms with Gasteiger partial charge in [-0.2, -0.15) is 74.6 Å². The number of rotatable bonds is 16. The molecule has 0 amide bonds. The lowest BCUT2D eigenvalue weighted by molar-refractivity contribution is -0.553. The number of halogens is 17. The Morgan fingerprint density at radius 1 is 0.698 bits per heavy atom. The lowest BCUT2D eigenvalue weighted by Crippen LogP contribution is -2.67. The van der Waals surface area contributed by atoms with E-state index in [-0.39, 0.29) is 25.5 Å². The second-order valence-electron chi connectivity index (χ2n) is 9.56. The van der Waals surface area contributed by atoms with Crippen molar-refractivity contribution < 1.29 is 98.4 Å². The highest BCUT2D eigenvalue weighted by Crippen LogP contribution is 2.56. The van der Waals surface area contributed by atoms with Crippen LogP contribution in [-0.4, -0.2) is 87.2 Å². The molecule has 0 fully saturated rings. The topological polar surface area (TPSA) is 57.2 Å². The molecule has 0 saturated heterocycles. The molecule has 256 valence electrons. The van der Waals surface area contributed by atoms with Crippen molar-refractivity contribution in [3.63, 3.8) is 0 Å². The predicted molar refractivity (Wildman–Crippen MR) is 111 cm³/mol. The summed E-state index contributed by atoms with van der Waals surface area (Å²) in [7, 11) is -2.71. The number of alkyl halides is 17. The smallest absolute Gasteiger partial charge is 0.417 e. The third kappa shape index (κ3) is 10.2. The Morgan fingerprint density at radius 3 is 1.58 bits per heavy atom. The summed E-state index contributed by atoms with van der Waals surface area (Å²) in [5.41, 5.74) is -1.55. The first kappa shape index (κ1) is 41.4. The standard InChI is InChI=1S/C20H23F17O5Si/c1-5-12(2,38)7-9-40-43(3,4)10-6-8-39-11-13(21,16(25,26)27)41-20(36,37)15(24,18(31,32)33)42-19(34,35)14(22,23)17(28,29)30/h1,38H,6-11H2,2-4H3. The van der Waals surface area contributed by atoms with E-state index in [1.165, 1.54) is 24.8 Å². The van der Waals surface area contributed by atoms with Gasteiger partial charge in [0.15, 0.2) is 8.32 Å². The Balaban J connectivity index is 5.85. The van der Waals surface area contributed by atoms with E-state index in [9.17, 15) is 79.7 Å². The van der Waals surface area contributed by atoms with Gasteiger partial charge in [-0.3, -0.25) is 9.47 Å². The second kappa shape index (κ2) is 13.0. The zero-order valence-corrected chi connectivity index (χ0v) is 22.8. The predicted octanol–water partition coefficient (Wildman–Crippen LogP) is 7.26. The van der Waals surface area contributed by atoms with Crippen LogP contribution in [0.4, 0.5) is 74.6 Å². The van der Waals surface area contributed by atoms with Crippen LogP contribution in [0.15, 0.2) is 0 Å². The van der Waals surface area contributed by atoms with Gasteiger partial charge in [0.1, 0.15) is 12.2 Å². The van der Waals surface area contributed by atoms with Gasteiger partial charge in [-0.15, -0.1) is 6.42 Å². The fraction of sp³-hybridized carbons (Fsp3) is 0.900. The van der Waals surface area contributed by atoms with Crippen molar-refractivity contribution in [1.29, 1.82) is 0 Å². The van der Waals surface area contributed by atoms with Crippen LogP contribution in [0.25, 0.3) is 0 Å². The molecule has 23 heteroatoms. The first-order chi connectivity index (χ1) is 18.6. The number of hydrogen-bond donors (Lipinski definition) is 1. The summed E-state index contributed by atoms with van der Waals surface area (Å²) in [6.45, 7) is 0.348. The molecule has 0 spiro atoms. The maximum absolute atomic E-state index is 14.4. The van der Waals surface area contributed by atoms with E-state index in [0.29, 0.717) is 0 Å². The van der Waals surface area contributed by atoms with Crippen LogP contribution < -0.4 is 0 Å². The molecule has 0 bridgehead atoms. The van der Waals surface area contributed by atoms with E-state index >= 15 is 0 Å². The van der Waals surface area contributed by atoms with E-state index in [1.54, 1.807) is 0 Å². The van der Waals surface area contributed by atoms with E-state index in [0.717, 1.165) is 0 Å². The highest BCUT2D eigenvalue weighted by Gasteiger charge is 2.85. The summed E-state index contributed by atoms with van der Waals surface area (Å²) in [5, 5.41) is 9.68. The van der Waals surface area contributed by atoms with Crippen molar-refractivity contribution in [3.8, 4) is 12.3 Å². The number of aliphatic hydroxyl groups is 1. The van der Waals surface area contributed by atoms with Crippen LogP contribution in [0.1, 0.15) is 19.8 Å². The fourth-order valence-corrected chi connectivity index (χ4v) is 4.39. The molecule has 0 radical (unpaired) electrons. The molecule has 0 aliphatic carbocycles. The third-order valence-electron chi connectivity index (χ3n) is 5.19. The van der Waals surface area contributed by atoms with Crippen LogP contribution in [0.3, 0.4) is 0 Å². The van der Waals surface area contributed by atoms with Crippen LogP contribution in [0.5, 0.6) is 0 Å². The van der Waals surface area contributed by atoms with Crippen LogP contribution >= 0.6 is 0 Å². The van der Waals surface area contributed by atoms with Crippen LogP contribution in [0, 0.1) is 12.3 Å². The first-order valence-corrected chi connectivity index (χ1v) is 14.3. The van der Waals surface area contributed by atoms with Crippen molar-refractivity contribution in [2.75, 3.05) is 19.8 Å². The SMILES string of the molecule is C#CC(C)(O)CCO[Si](C)(C)CCCOCC(F)(OC(F)(F)C(F)(OC(F)(F)C(F)(F)C(F)(F)F)C(F)(F)F)C(F)(F)F. The third-order valence-corrected chi connectivity index (χ3v) is 7.73. The molecule has 0 aliphatic heterocycles. The lowest BCUT2D eigenvalue weighted by atomic mass is 10.1. The normalized spacial score (nSPS) is 18.9. The zero-order chi connectivity index (χ0) is 34.8. The summed E-state index contributed by atoms with van der Waals surface area (Å²) < 4.78 is 237. The summed E-state index contributed by atoms with van der Waals surface area (Å²) in [6, 6.07) is -0.0362. The molecule has 0 aromatic rings. The highest BCUT2D eigenvalue weighted by atomic mass is 28.4. The highest BCUT2D eigenvalue weighted by molar-refractivity contribution is 6.71. The van der Waals surface area contributed by atoms with E-state index in [2.05, 4.69) is 9.47 Å². The quantitative estimate of drug-likeness (QED) is 0.0799. The van der Waals surface area contributed by atoms with Gasteiger partial charge in [-0.05, 0) is 32.5 Å². The van der Waals surface area contributed by atoms with Crippen molar-refractivity contribution in [2.24, 2.45) is 0 Å². The van der Waals surface area contributed by atoms with Gasteiger partial charge in [0, 0.05) is 19.6 Å². The number of hydrogen-bond acceptors (Lipinski definition) is 5. The minimum atomic E-state index is -7.93. The average molecular weight is 694 g/mol. The van der Waals surface area contributed by atoms with Crippen LogP contribution in [0.2, 0.25) is 19.1 Å². The Labute approximate surface area is 232 Å². The van der Waals surface area contributed by atoms with Gasteiger partial charge in [0.2, 0.25) is 0 Å². The maximum Gasteiger partial charge on any atom is 0.462 e. The molecular weight excluding hydrogens is 671 g/mol. The summed E-state index contributed by atoms with van der Waals surface area (Å²) in [4.78, 5) is 0. The van der Waals surface area contributed by atoms with Gasteiger partial charge in [-0.25, -0.2) is 0 Å². The Bertz CT molecular complexity index is 957. The molecule has 0 aromatic carbocycles. The largest absolute Gasteiger partial charge is 0.462 e. The molecule has 0 rings (SSSR count). The van der Waals surface area contributed by atoms with Gasteiger partial charge >= 0.3 is 48.4 Å². The number of ether oxygens (including phenoxy) is 3. The summed E-state index contributed by atoms with van der Waals surface area (Å²) in [5.74, 6) is -19.9. The summed E-state index contributed by atoms with van der Waals surface area (Å²) >= 11 is 0. The van der Waals surface area contributed by atoms with Crippen molar-refractivity contribution in [2.45, 2.75) is 92.9 Å². The molecule has 3 atom stereocenters. The molecule has 0 heterocycles. The molecule has 0 saturated carbocycles. The van der Waals surface area contributed by atoms with Crippen molar-refractivity contribution >= 4 is 8.32 Å². The Hall–Kier alpha value is -1.61. The minimum Gasteiger partial charge on any atom is -0.417 e. The van der Waals surface area contributed by atoms with Gasteiger partial charge < -0.3 is 14.3 Å². The van der Waals surface area contributed by atoms with Gasteiger partial charge in [0.25, 0.3) is 0 Å². The van der Waals surface area contributed by atoms with Gasteiger partial charge in [0.05, 0.1) is 0 Å². The van der Waals surface area contributed by atoms with Crippen molar-refractivity contribution in [1.82, 2.24) is 0 Å². The molecule has 3 unspecified atom stereocenters.